The molecule has 1 fully saturated rings. The number of pyridine rings is 1. The Morgan fingerprint density at radius 1 is 1.53 bits per heavy atom. The van der Waals surface area contributed by atoms with E-state index in [1.807, 2.05) is 13.8 Å². The summed E-state index contributed by atoms with van der Waals surface area (Å²) in [6.45, 7) is 3.92. The van der Waals surface area contributed by atoms with Gasteiger partial charge in [-0.25, -0.2) is 4.39 Å². The molecular weight excluding hydrogens is 245 g/mol. The van der Waals surface area contributed by atoms with Crippen molar-refractivity contribution in [3.8, 4) is 0 Å². The van der Waals surface area contributed by atoms with E-state index in [9.17, 15) is 14.6 Å². The quantitative estimate of drug-likeness (QED) is 0.885. The third-order valence-electron chi connectivity index (χ3n) is 4.61. The zero-order valence-electron chi connectivity index (χ0n) is 11.5. The number of rotatable bonds is 3. The molecule has 1 aliphatic rings. The summed E-state index contributed by atoms with van der Waals surface area (Å²) in [4.78, 5) is 3.92. The van der Waals surface area contributed by atoms with Gasteiger partial charge in [0.15, 0.2) is 0 Å². The van der Waals surface area contributed by atoms with E-state index in [1.54, 1.807) is 0 Å². The van der Waals surface area contributed by atoms with Crippen LogP contribution in [0.15, 0.2) is 18.3 Å². The van der Waals surface area contributed by atoms with Crippen molar-refractivity contribution in [2.24, 2.45) is 11.8 Å². The molecule has 2 rings (SSSR count). The van der Waals surface area contributed by atoms with Crippen molar-refractivity contribution >= 4 is 0 Å². The van der Waals surface area contributed by atoms with Crippen LogP contribution in [0.25, 0.3) is 0 Å². The molecule has 1 heterocycles. The van der Waals surface area contributed by atoms with E-state index in [2.05, 4.69) is 4.98 Å². The minimum absolute atomic E-state index is 0.0207. The van der Waals surface area contributed by atoms with Crippen molar-refractivity contribution in [1.29, 1.82) is 0 Å². The Hall–Kier alpha value is -1.00. The summed E-state index contributed by atoms with van der Waals surface area (Å²) in [5, 5.41) is 21.5. The van der Waals surface area contributed by atoms with Crippen LogP contribution in [0.2, 0.25) is 0 Å². The molecule has 0 spiro atoms. The van der Waals surface area contributed by atoms with Crippen molar-refractivity contribution in [2.75, 3.05) is 0 Å². The Bertz CT molecular complexity index is 440. The van der Waals surface area contributed by atoms with Crippen LogP contribution in [0.5, 0.6) is 0 Å². The van der Waals surface area contributed by atoms with Crippen molar-refractivity contribution in [3.63, 3.8) is 0 Å². The summed E-state index contributed by atoms with van der Waals surface area (Å²) in [5.74, 6) is -0.647. The zero-order valence-corrected chi connectivity index (χ0v) is 11.5. The fourth-order valence-corrected chi connectivity index (χ4v) is 3.38. The predicted octanol–water partition coefficient (Wildman–Crippen LogP) is 2.83. The van der Waals surface area contributed by atoms with E-state index in [4.69, 9.17) is 0 Å². The summed E-state index contributed by atoms with van der Waals surface area (Å²) >= 11 is 0. The monoisotopic (exact) mass is 267 g/mol. The minimum atomic E-state index is -1.29. The van der Waals surface area contributed by atoms with Gasteiger partial charge in [-0.2, -0.15) is 0 Å². The van der Waals surface area contributed by atoms with Crippen molar-refractivity contribution in [2.45, 2.75) is 51.2 Å². The molecule has 19 heavy (non-hydrogen) atoms. The molecule has 0 aliphatic heterocycles. The van der Waals surface area contributed by atoms with Gasteiger partial charge in [0.05, 0.1) is 0 Å². The topological polar surface area (TPSA) is 53.4 Å². The molecule has 106 valence electrons. The molecule has 0 aromatic carbocycles. The van der Waals surface area contributed by atoms with Gasteiger partial charge in [-0.1, -0.05) is 26.7 Å². The largest absolute Gasteiger partial charge is 0.386 e. The van der Waals surface area contributed by atoms with Crippen LogP contribution in [0.1, 0.15) is 51.3 Å². The Kier molecular flexibility index (Phi) is 4.21. The molecule has 1 saturated carbocycles. The molecule has 4 unspecified atom stereocenters. The molecule has 2 N–H and O–H groups in total. The van der Waals surface area contributed by atoms with Gasteiger partial charge in [0.1, 0.15) is 23.2 Å². The zero-order chi connectivity index (χ0) is 14.0. The lowest BCUT2D eigenvalue weighted by atomic mass is 9.64. The first-order valence-electron chi connectivity index (χ1n) is 7.02. The molecule has 0 bridgehead atoms. The first-order valence-corrected chi connectivity index (χ1v) is 7.02. The van der Waals surface area contributed by atoms with Crippen molar-refractivity contribution < 1.29 is 14.6 Å². The van der Waals surface area contributed by atoms with Crippen molar-refractivity contribution in [3.05, 3.63) is 29.8 Å². The van der Waals surface area contributed by atoms with Crippen LogP contribution in [0.4, 0.5) is 4.39 Å². The molecular formula is C15H22FNO2. The Balaban J connectivity index is 2.38. The van der Waals surface area contributed by atoms with E-state index in [-0.39, 0.29) is 17.5 Å². The standard InChI is InChI=1S/C15H22FNO2/c1-3-11-7-4-6-10(2)15(11,19)14(18)13-12(16)8-5-9-17-13/h5,8-11,14,18-19H,3-4,6-7H2,1-2H3. The van der Waals surface area contributed by atoms with Gasteiger partial charge in [-0.15, -0.1) is 0 Å². The molecule has 1 aliphatic carbocycles. The maximum absolute atomic E-state index is 13.8. The summed E-state index contributed by atoms with van der Waals surface area (Å²) in [6.07, 6.45) is 3.70. The lowest BCUT2D eigenvalue weighted by Crippen LogP contribution is -2.51. The molecule has 1 aromatic heterocycles. The maximum Gasteiger partial charge on any atom is 0.147 e. The van der Waals surface area contributed by atoms with Gasteiger partial charge in [0.2, 0.25) is 0 Å². The first-order chi connectivity index (χ1) is 9.01. The average molecular weight is 267 g/mol. The van der Waals surface area contributed by atoms with E-state index in [0.717, 1.165) is 25.7 Å². The normalized spacial score (nSPS) is 33.1. The molecule has 0 amide bonds. The number of hydrogen-bond acceptors (Lipinski definition) is 3. The summed E-state index contributed by atoms with van der Waals surface area (Å²) in [6, 6.07) is 2.75. The van der Waals surface area contributed by atoms with Crippen LogP contribution < -0.4 is 0 Å². The molecule has 1 aromatic rings. The van der Waals surface area contributed by atoms with Gasteiger partial charge in [0.25, 0.3) is 0 Å². The van der Waals surface area contributed by atoms with Crippen LogP contribution >= 0.6 is 0 Å². The van der Waals surface area contributed by atoms with E-state index < -0.39 is 17.5 Å². The van der Waals surface area contributed by atoms with Gasteiger partial charge < -0.3 is 10.2 Å². The summed E-state index contributed by atoms with van der Waals surface area (Å²) in [7, 11) is 0. The van der Waals surface area contributed by atoms with Gasteiger partial charge in [-0.3, -0.25) is 4.98 Å². The van der Waals surface area contributed by atoms with Crippen LogP contribution in [0, 0.1) is 17.7 Å². The number of hydrogen-bond donors (Lipinski definition) is 2. The number of aromatic nitrogens is 1. The second kappa shape index (κ2) is 5.55. The lowest BCUT2D eigenvalue weighted by Gasteiger charge is -2.47. The average Bonchev–Trinajstić information content (AvgIpc) is 2.41. The molecule has 0 saturated heterocycles. The van der Waals surface area contributed by atoms with Crippen molar-refractivity contribution in [1.82, 2.24) is 4.98 Å². The SMILES string of the molecule is CCC1CCCC(C)C1(O)C(O)c1ncccc1F. The smallest absolute Gasteiger partial charge is 0.147 e. The highest BCUT2D eigenvalue weighted by molar-refractivity contribution is 5.16. The fraction of sp³-hybridized carbons (Fsp3) is 0.667. The predicted molar refractivity (Wildman–Crippen MR) is 70.9 cm³/mol. The highest BCUT2D eigenvalue weighted by Crippen LogP contribution is 2.47. The number of nitrogens with zero attached hydrogens (tertiary/aromatic N) is 1. The first kappa shape index (κ1) is 14.4. The van der Waals surface area contributed by atoms with Crippen LogP contribution in [-0.4, -0.2) is 20.8 Å². The highest BCUT2D eigenvalue weighted by atomic mass is 19.1. The Morgan fingerprint density at radius 2 is 2.26 bits per heavy atom. The number of halogens is 1. The second-order valence-corrected chi connectivity index (χ2v) is 5.60. The third-order valence-corrected chi connectivity index (χ3v) is 4.61. The second-order valence-electron chi connectivity index (χ2n) is 5.60. The van der Waals surface area contributed by atoms with Gasteiger partial charge in [-0.05, 0) is 36.8 Å². The highest BCUT2D eigenvalue weighted by Gasteiger charge is 2.50. The third kappa shape index (κ3) is 2.39. The van der Waals surface area contributed by atoms with Gasteiger partial charge in [0, 0.05) is 6.20 Å². The molecule has 4 atom stereocenters. The van der Waals surface area contributed by atoms with Gasteiger partial charge >= 0.3 is 0 Å². The number of aliphatic hydroxyl groups excluding tert-OH is 1. The van der Waals surface area contributed by atoms with E-state index in [1.165, 1.54) is 18.3 Å². The van der Waals surface area contributed by atoms with E-state index in [0.29, 0.717) is 0 Å². The van der Waals surface area contributed by atoms with Crippen LogP contribution in [-0.2, 0) is 0 Å². The molecule has 0 radical (unpaired) electrons. The maximum atomic E-state index is 13.8. The Labute approximate surface area is 113 Å². The fourth-order valence-electron chi connectivity index (χ4n) is 3.38. The summed E-state index contributed by atoms with van der Waals surface area (Å²) in [5.41, 5.74) is -1.33. The minimum Gasteiger partial charge on any atom is -0.386 e. The number of aliphatic hydroxyl groups is 2. The summed E-state index contributed by atoms with van der Waals surface area (Å²) < 4.78 is 13.8. The molecule has 3 nitrogen and oxygen atoms in total. The van der Waals surface area contributed by atoms with E-state index >= 15 is 0 Å². The Morgan fingerprint density at radius 3 is 2.89 bits per heavy atom. The lowest BCUT2D eigenvalue weighted by molar-refractivity contribution is -0.169. The van der Waals surface area contributed by atoms with Crippen LogP contribution in [0.3, 0.4) is 0 Å². The molecule has 4 heteroatoms.